The minimum Gasteiger partial charge on any atom is -0.466 e. The molecular formula is C17H25ClN4O2. The molecule has 1 saturated heterocycles. The number of rotatable bonds is 6. The fraction of sp³-hybridized carbons (Fsp3) is 0.529. The highest BCUT2D eigenvalue weighted by atomic mass is 35.5. The van der Waals surface area contributed by atoms with E-state index < -0.39 is 0 Å². The van der Waals surface area contributed by atoms with Gasteiger partial charge < -0.3 is 20.3 Å². The Morgan fingerprint density at radius 3 is 2.54 bits per heavy atom. The Balaban J connectivity index is 1.73. The van der Waals surface area contributed by atoms with Crippen LogP contribution in [0.15, 0.2) is 29.3 Å². The number of nitrogens with zero attached hydrogens (tertiary/aromatic N) is 3. The molecule has 0 amide bonds. The van der Waals surface area contributed by atoms with Gasteiger partial charge in [-0.1, -0.05) is 11.6 Å². The molecule has 1 aliphatic heterocycles. The largest absolute Gasteiger partial charge is 0.466 e. The van der Waals surface area contributed by atoms with Crippen molar-refractivity contribution < 1.29 is 9.53 Å². The van der Waals surface area contributed by atoms with Gasteiger partial charge in [0.05, 0.1) is 6.61 Å². The molecule has 0 atom stereocenters. The topological polar surface area (TPSA) is 71.2 Å². The van der Waals surface area contributed by atoms with Gasteiger partial charge in [0.1, 0.15) is 0 Å². The quantitative estimate of drug-likeness (QED) is 0.367. The number of hydrogen-bond donors (Lipinski definition) is 1. The van der Waals surface area contributed by atoms with E-state index in [1.54, 1.807) is 6.92 Å². The molecule has 1 aromatic rings. The SMILES string of the molecule is CCOC(=O)CCCN=C(N)N1CCN(c2ccc(Cl)cc2)CC1. The van der Waals surface area contributed by atoms with E-state index in [1.165, 1.54) is 5.69 Å². The predicted octanol–water partition coefficient (Wildman–Crippen LogP) is 2.12. The van der Waals surface area contributed by atoms with E-state index in [4.69, 9.17) is 22.1 Å². The van der Waals surface area contributed by atoms with Crippen LogP contribution in [-0.4, -0.2) is 56.2 Å². The van der Waals surface area contributed by atoms with E-state index in [-0.39, 0.29) is 5.97 Å². The lowest BCUT2D eigenvalue weighted by Crippen LogP contribution is -2.51. The number of carbonyl (C=O) groups is 1. The fourth-order valence-electron chi connectivity index (χ4n) is 2.60. The molecule has 0 spiro atoms. The van der Waals surface area contributed by atoms with E-state index in [0.29, 0.717) is 32.0 Å². The van der Waals surface area contributed by atoms with Gasteiger partial charge in [-0.05, 0) is 37.6 Å². The summed E-state index contributed by atoms with van der Waals surface area (Å²) in [6, 6.07) is 7.88. The number of aliphatic imine (C=N–C) groups is 1. The molecule has 0 unspecified atom stereocenters. The maximum atomic E-state index is 11.3. The average molecular weight is 353 g/mol. The third-order valence-corrected chi connectivity index (χ3v) is 4.17. The second kappa shape index (κ2) is 9.37. The summed E-state index contributed by atoms with van der Waals surface area (Å²) in [5, 5.41) is 0.747. The van der Waals surface area contributed by atoms with Gasteiger partial charge in [0, 0.05) is 49.9 Å². The van der Waals surface area contributed by atoms with Crippen LogP contribution in [0.3, 0.4) is 0 Å². The number of piperazine rings is 1. The van der Waals surface area contributed by atoms with Crippen LogP contribution in [0.4, 0.5) is 5.69 Å². The molecule has 0 bridgehead atoms. The predicted molar refractivity (Wildman–Crippen MR) is 97.6 cm³/mol. The van der Waals surface area contributed by atoms with Crippen molar-refractivity contribution in [2.24, 2.45) is 10.7 Å². The minimum absolute atomic E-state index is 0.178. The van der Waals surface area contributed by atoms with Crippen LogP contribution >= 0.6 is 11.6 Å². The molecule has 0 aliphatic carbocycles. The molecule has 1 aliphatic rings. The maximum absolute atomic E-state index is 11.3. The highest BCUT2D eigenvalue weighted by Crippen LogP contribution is 2.19. The standard InChI is InChI=1S/C17H25ClN4O2/c1-2-24-16(23)4-3-9-20-17(19)22-12-10-21(11-13-22)15-7-5-14(18)6-8-15/h5-8H,2-4,9-13H2,1H3,(H2,19,20). The van der Waals surface area contributed by atoms with Crippen molar-refractivity contribution in [3.05, 3.63) is 29.3 Å². The maximum Gasteiger partial charge on any atom is 0.305 e. The van der Waals surface area contributed by atoms with Crippen LogP contribution in [0, 0.1) is 0 Å². The van der Waals surface area contributed by atoms with E-state index >= 15 is 0 Å². The Labute approximate surface area is 148 Å². The summed E-state index contributed by atoms with van der Waals surface area (Å²) < 4.78 is 4.88. The van der Waals surface area contributed by atoms with Crippen molar-refractivity contribution in [1.82, 2.24) is 4.90 Å². The molecule has 0 saturated carbocycles. The highest BCUT2D eigenvalue weighted by Gasteiger charge is 2.18. The Morgan fingerprint density at radius 2 is 1.92 bits per heavy atom. The number of hydrogen-bond acceptors (Lipinski definition) is 4. The van der Waals surface area contributed by atoms with Crippen LogP contribution in [0.5, 0.6) is 0 Å². The van der Waals surface area contributed by atoms with Crippen molar-refractivity contribution in [2.45, 2.75) is 19.8 Å². The molecule has 6 nitrogen and oxygen atoms in total. The Kier molecular flexibility index (Phi) is 7.18. The average Bonchev–Trinajstić information content (AvgIpc) is 2.60. The van der Waals surface area contributed by atoms with Gasteiger partial charge in [-0.15, -0.1) is 0 Å². The summed E-state index contributed by atoms with van der Waals surface area (Å²) in [7, 11) is 0. The monoisotopic (exact) mass is 352 g/mol. The molecule has 132 valence electrons. The molecule has 1 heterocycles. The summed E-state index contributed by atoms with van der Waals surface area (Å²) in [6.07, 6.45) is 1.04. The number of benzene rings is 1. The number of ether oxygens (including phenoxy) is 1. The first-order valence-electron chi connectivity index (χ1n) is 8.31. The van der Waals surface area contributed by atoms with E-state index in [2.05, 4.69) is 14.8 Å². The van der Waals surface area contributed by atoms with Crippen LogP contribution in [0.1, 0.15) is 19.8 Å². The van der Waals surface area contributed by atoms with E-state index in [1.807, 2.05) is 24.3 Å². The number of guanidine groups is 1. The molecule has 2 rings (SSSR count). The van der Waals surface area contributed by atoms with Crippen molar-refractivity contribution >= 4 is 29.2 Å². The molecule has 24 heavy (non-hydrogen) atoms. The summed E-state index contributed by atoms with van der Waals surface area (Å²) in [6.45, 7) is 6.20. The van der Waals surface area contributed by atoms with Gasteiger partial charge in [0.25, 0.3) is 0 Å². The third kappa shape index (κ3) is 5.60. The van der Waals surface area contributed by atoms with Crippen LogP contribution in [0.25, 0.3) is 0 Å². The number of esters is 1. The number of halogens is 1. The van der Waals surface area contributed by atoms with Crippen molar-refractivity contribution in [1.29, 1.82) is 0 Å². The first-order chi connectivity index (χ1) is 11.6. The number of nitrogens with two attached hydrogens (primary N) is 1. The minimum atomic E-state index is -0.178. The van der Waals surface area contributed by atoms with Gasteiger partial charge in [0.2, 0.25) is 0 Å². The third-order valence-electron chi connectivity index (χ3n) is 3.91. The lowest BCUT2D eigenvalue weighted by atomic mass is 10.2. The summed E-state index contributed by atoms with van der Waals surface area (Å²) in [5.74, 6) is 0.373. The molecule has 0 aromatic heterocycles. The van der Waals surface area contributed by atoms with Crippen LogP contribution in [-0.2, 0) is 9.53 Å². The van der Waals surface area contributed by atoms with Crippen LogP contribution in [0.2, 0.25) is 5.02 Å². The number of carbonyl (C=O) groups excluding carboxylic acids is 1. The smallest absolute Gasteiger partial charge is 0.305 e. The Hall–Kier alpha value is -1.95. The molecule has 7 heteroatoms. The zero-order chi connectivity index (χ0) is 17.4. The molecular weight excluding hydrogens is 328 g/mol. The molecule has 1 fully saturated rings. The zero-order valence-corrected chi connectivity index (χ0v) is 14.8. The summed E-state index contributed by atoms with van der Waals surface area (Å²) >= 11 is 5.92. The van der Waals surface area contributed by atoms with Gasteiger partial charge >= 0.3 is 5.97 Å². The Morgan fingerprint density at radius 1 is 1.25 bits per heavy atom. The zero-order valence-electron chi connectivity index (χ0n) is 14.1. The normalized spacial score (nSPS) is 15.5. The first kappa shape index (κ1) is 18.4. The lowest BCUT2D eigenvalue weighted by molar-refractivity contribution is -0.143. The second-order valence-electron chi connectivity index (χ2n) is 5.60. The van der Waals surface area contributed by atoms with Crippen molar-refractivity contribution in [2.75, 3.05) is 44.2 Å². The van der Waals surface area contributed by atoms with Crippen molar-refractivity contribution in [3.63, 3.8) is 0 Å². The fourth-order valence-corrected chi connectivity index (χ4v) is 2.72. The second-order valence-corrected chi connectivity index (χ2v) is 6.04. The van der Waals surface area contributed by atoms with Crippen molar-refractivity contribution in [3.8, 4) is 0 Å². The lowest BCUT2D eigenvalue weighted by Gasteiger charge is -2.36. The Bertz CT molecular complexity index is 554. The van der Waals surface area contributed by atoms with Gasteiger partial charge in [-0.3, -0.25) is 9.79 Å². The summed E-state index contributed by atoms with van der Waals surface area (Å²) in [4.78, 5) is 20.0. The van der Waals surface area contributed by atoms with Crippen LogP contribution < -0.4 is 10.6 Å². The van der Waals surface area contributed by atoms with Gasteiger partial charge in [0.15, 0.2) is 5.96 Å². The molecule has 1 aromatic carbocycles. The number of anilines is 1. The molecule has 2 N–H and O–H groups in total. The highest BCUT2D eigenvalue weighted by molar-refractivity contribution is 6.30. The summed E-state index contributed by atoms with van der Waals surface area (Å²) in [5.41, 5.74) is 7.22. The van der Waals surface area contributed by atoms with E-state index in [9.17, 15) is 4.79 Å². The molecule has 0 radical (unpaired) electrons. The van der Waals surface area contributed by atoms with Gasteiger partial charge in [-0.25, -0.2) is 0 Å². The van der Waals surface area contributed by atoms with Gasteiger partial charge in [-0.2, -0.15) is 0 Å². The van der Waals surface area contributed by atoms with E-state index in [0.717, 1.165) is 31.2 Å². The first-order valence-corrected chi connectivity index (χ1v) is 8.69.